The van der Waals surface area contributed by atoms with Crippen molar-refractivity contribution in [3.8, 4) is 16.9 Å². The molecule has 0 radical (unpaired) electrons. The second-order valence-corrected chi connectivity index (χ2v) is 8.08. The molecule has 1 saturated heterocycles. The van der Waals surface area contributed by atoms with Gasteiger partial charge in [-0.25, -0.2) is 9.78 Å². The van der Waals surface area contributed by atoms with Gasteiger partial charge >= 0.3 is 6.03 Å². The Morgan fingerprint density at radius 2 is 1.73 bits per heavy atom. The third-order valence-corrected chi connectivity index (χ3v) is 5.90. The van der Waals surface area contributed by atoms with E-state index in [0.717, 1.165) is 46.8 Å². The highest BCUT2D eigenvalue weighted by atomic mass is 16.5. The summed E-state index contributed by atoms with van der Waals surface area (Å²) in [5.41, 5.74) is 4.70. The average molecular weight is 443 g/mol. The lowest BCUT2D eigenvalue weighted by atomic mass is 10.1. The van der Waals surface area contributed by atoms with Crippen LogP contribution in [0.1, 0.15) is 5.89 Å². The lowest BCUT2D eigenvalue weighted by Gasteiger charge is -2.34. The van der Waals surface area contributed by atoms with Gasteiger partial charge in [-0.2, -0.15) is 0 Å². The van der Waals surface area contributed by atoms with Crippen LogP contribution in [0.4, 0.5) is 10.5 Å². The van der Waals surface area contributed by atoms with Crippen LogP contribution in [-0.4, -0.2) is 54.1 Å². The van der Waals surface area contributed by atoms with Crippen molar-refractivity contribution in [1.29, 1.82) is 0 Å². The molecule has 0 unspecified atom stereocenters. The fraction of sp³-hybridized carbons (Fsp3) is 0.231. The standard InChI is InChI=1S/C26H26N4O3/c1-32-22-10-8-21(9-11-22)27-26(31)30-15-13-29(14-16-30)18-25-28-23-17-20(7-12-24(23)33-25)19-5-3-2-4-6-19/h2-12,17H,13-16,18H2,1H3,(H,27,31). The number of hydrogen-bond donors (Lipinski definition) is 1. The number of amides is 2. The van der Waals surface area contributed by atoms with Gasteiger partial charge in [0.1, 0.15) is 11.3 Å². The first kappa shape index (κ1) is 21.0. The van der Waals surface area contributed by atoms with Gasteiger partial charge in [0.05, 0.1) is 13.7 Å². The monoisotopic (exact) mass is 442 g/mol. The third kappa shape index (κ3) is 4.83. The van der Waals surface area contributed by atoms with Gasteiger partial charge in [0.2, 0.25) is 5.89 Å². The lowest BCUT2D eigenvalue weighted by Crippen LogP contribution is -2.49. The summed E-state index contributed by atoms with van der Waals surface area (Å²) >= 11 is 0. The number of nitrogens with one attached hydrogen (secondary N) is 1. The highest BCUT2D eigenvalue weighted by Crippen LogP contribution is 2.25. The summed E-state index contributed by atoms with van der Waals surface area (Å²) in [5, 5.41) is 2.95. The molecule has 7 heteroatoms. The smallest absolute Gasteiger partial charge is 0.321 e. The number of ether oxygens (including phenoxy) is 1. The Labute approximate surface area is 192 Å². The largest absolute Gasteiger partial charge is 0.497 e. The molecule has 7 nitrogen and oxygen atoms in total. The highest BCUT2D eigenvalue weighted by Gasteiger charge is 2.22. The predicted molar refractivity (Wildman–Crippen MR) is 128 cm³/mol. The molecule has 1 N–H and O–H groups in total. The van der Waals surface area contributed by atoms with Crippen LogP contribution in [0.3, 0.4) is 0 Å². The Morgan fingerprint density at radius 1 is 0.970 bits per heavy atom. The first-order valence-electron chi connectivity index (χ1n) is 11.1. The summed E-state index contributed by atoms with van der Waals surface area (Å²) in [4.78, 5) is 21.4. The maximum absolute atomic E-state index is 12.6. The Bertz CT molecular complexity index is 1230. The van der Waals surface area contributed by atoms with E-state index >= 15 is 0 Å². The molecule has 0 saturated carbocycles. The van der Waals surface area contributed by atoms with E-state index in [4.69, 9.17) is 14.1 Å². The molecule has 1 fully saturated rings. The number of carbonyl (C=O) groups is 1. The van der Waals surface area contributed by atoms with Crippen molar-refractivity contribution >= 4 is 22.8 Å². The molecule has 1 aliphatic rings. The minimum Gasteiger partial charge on any atom is -0.497 e. The summed E-state index contributed by atoms with van der Waals surface area (Å²) in [7, 11) is 1.62. The van der Waals surface area contributed by atoms with Gasteiger partial charge in [-0.3, -0.25) is 4.90 Å². The maximum atomic E-state index is 12.6. The van der Waals surface area contributed by atoms with Crippen LogP contribution in [0.25, 0.3) is 22.2 Å². The molecule has 33 heavy (non-hydrogen) atoms. The predicted octanol–water partition coefficient (Wildman–Crippen LogP) is 4.85. The zero-order chi connectivity index (χ0) is 22.6. The van der Waals surface area contributed by atoms with E-state index in [2.05, 4.69) is 34.5 Å². The third-order valence-electron chi connectivity index (χ3n) is 5.90. The maximum Gasteiger partial charge on any atom is 0.321 e. The van der Waals surface area contributed by atoms with Gasteiger partial charge < -0.3 is 19.4 Å². The number of rotatable bonds is 5. The number of hydrogen-bond acceptors (Lipinski definition) is 5. The number of aromatic nitrogens is 1. The van der Waals surface area contributed by atoms with Gasteiger partial charge in [-0.15, -0.1) is 0 Å². The summed E-state index contributed by atoms with van der Waals surface area (Å²) in [6.45, 7) is 3.47. The molecule has 1 aliphatic heterocycles. The van der Waals surface area contributed by atoms with Gasteiger partial charge in [0.15, 0.2) is 5.58 Å². The zero-order valence-electron chi connectivity index (χ0n) is 18.5. The number of fused-ring (bicyclic) bond motifs is 1. The van der Waals surface area contributed by atoms with E-state index in [1.54, 1.807) is 7.11 Å². The number of carbonyl (C=O) groups excluding carboxylic acids is 1. The molecule has 0 aliphatic carbocycles. The van der Waals surface area contributed by atoms with Crippen molar-refractivity contribution in [2.75, 3.05) is 38.6 Å². The Morgan fingerprint density at radius 3 is 2.45 bits per heavy atom. The normalized spacial score (nSPS) is 14.4. The van der Waals surface area contributed by atoms with Gasteiger partial charge in [-0.1, -0.05) is 36.4 Å². The summed E-state index contributed by atoms with van der Waals surface area (Å²) in [6.07, 6.45) is 0. The summed E-state index contributed by atoms with van der Waals surface area (Å²) < 4.78 is 11.1. The highest BCUT2D eigenvalue weighted by molar-refractivity contribution is 5.89. The molecular formula is C26H26N4O3. The minimum absolute atomic E-state index is 0.0879. The number of methoxy groups -OCH3 is 1. The van der Waals surface area contributed by atoms with E-state index in [-0.39, 0.29) is 6.03 Å². The van der Waals surface area contributed by atoms with Crippen molar-refractivity contribution < 1.29 is 13.9 Å². The number of urea groups is 1. The van der Waals surface area contributed by atoms with Crippen molar-refractivity contribution in [1.82, 2.24) is 14.8 Å². The fourth-order valence-corrected chi connectivity index (χ4v) is 4.03. The van der Waals surface area contributed by atoms with E-state index in [1.165, 1.54) is 0 Å². The van der Waals surface area contributed by atoms with Crippen molar-refractivity contribution in [3.05, 3.63) is 78.7 Å². The van der Waals surface area contributed by atoms with Gasteiger partial charge in [-0.05, 0) is 47.5 Å². The van der Waals surface area contributed by atoms with E-state index in [0.29, 0.717) is 25.5 Å². The summed E-state index contributed by atoms with van der Waals surface area (Å²) in [6, 6.07) is 23.6. The van der Waals surface area contributed by atoms with Crippen LogP contribution in [0.5, 0.6) is 5.75 Å². The molecule has 0 bridgehead atoms. The molecule has 3 aromatic carbocycles. The van der Waals surface area contributed by atoms with E-state index in [1.807, 2.05) is 53.4 Å². The molecule has 2 heterocycles. The Balaban J connectivity index is 1.17. The quantitative estimate of drug-likeness (QED) is 0.478. The van der Waals surface area contributed by atoms with Crippen LogP contribution in [-0.2, 0) is 6.54 Å². The Kier molecular flexibility index (Phi) is 5.95. The van der Waals surface area contributed by atoms with Gasteiger partial charge in [0.25, 0.3) is 0 Å². The molecule has 168 valence electrons. The SMILES string of the molecule is COc1ccc(NC(=O)N2CCN(Cc3nc4cc(-c5ccccc5)ccc4o3)CC2)cc1. The van der Waals surface area contributed by atoms with Crippen LogP contribution < -0.4 is 10.1 Å². The van der Waals surface area contributed by atoms with Crippen LogP contribution in [0.2, 0.25) is 0 Å². The zero-order valence-corrected chi connectivity index (χ0v) is 18.5. The Hall–Kier alpha value is -3.84. The number of nitrogens with zero attached hydrogens (tertiary/aromatic N) is 3. The minimum atomic E-state index is -0.0879. The second kappa shape index (κ2) is 9.34. The van der Waals surface area contributed by atoms with Crippen molar-refractivity contribution in [2.45, 2.75) is 6.54 Å². The molecular weight excluding hydrogens is 416 g/mol. The molecule has 5 rings (SSSR count). The number of piperazine rings is 1. The van der Waals surface area contributed by atoms with E-state index < -0.39 is 0 Å². The lowest BCUT2D eigenvalue weighted by molar-refractivity contribution is 0.136. The number of anilines is 1. The van der Waals surface area contributed by atoms with Crippen molar-refractivity contribution in [2.24, 2.45) is 0 Å². The first-order valence-corrected chi connectivity index (χ1v) is 11.1. The number of oxazole rings is 1. The van der Waals surface area contributed by atoms with Crippen LogP contribution >= 0.6 is 0 Å². The van der Waals surface area contributed by atoms with E-state index in [9.17, 15) is 4.79 Å². The summed E-state index contributed by atoms with van der Waals surface area (Å²) in [5.74, 6) is 1.46. The van der Waals surface area contributed by atoms with Crippen molar-refractivity contribution in [3.63, 3.8) is 0 Å². The van der Waals surface area contributed by atoms with Crippen LogP contribution in [0, 0.1) is 0 Å². The average Bonchev–Trinajstić information content (AvgIpc) is 3.27. The fourth-order valence-electron chi connectivity index (χ4n) is 4.03. The molecule has 1 aromatic heterocycles. The topological polar surface area (TPSA) is 70.8 Å². The second-order valence-electron chi connectivity index (χ2n) is 8.08. The first-order chi connectivity index (χ1) is 16.2. The number of benzene rings is 3. The van der Waals surface area contributed by atoms with Gasteiger partial charge in [0, 0.05) is 31.9 Å². The molecule has 0 atom stereocenters. The molecule has 2 amide bonds. The molecule has 4 aromatic rings. The molecule has 0 spiro atoms. The van der Waals surface area contributed by atoms with Crippen LogP contribution in [0.15, 0.2) is 77.2 Å².